The van der Waals surface area contributed by atoms with Crippen LogP contribution < -0.4 is 16.0 Å². The van der Waals surface area contributed by atoms with Crippen molar-refractivity contribution in [1.29, 1.82) is 0 Å². The highest BCUT2D eigenvalue weighted by molar-refractivity contribution is 8.00. The third-order valence-corrected chi connectivity index (χ3v) is 6.71. The molecule has 1 aliphatic rings. The first-order chi connectivity index (χ1) is 17.6. The Morgan fingerprint density at radius 3 is 2.81 bits per heavy atom. The molecule has 3 aromatic heterocycles. The smallest absolute Gasteiger partial charge is 0.376 e. The first-order valence-corrected chi connectivity index (χ1v) is 12.2. The molecule has 9 nitrogen and oxygen atoms in total. The van der Waals surface area contributed by atoms with Gasteiger partial charge in [0.15, 0.2) is 5.65 Å². The number of piperidine rings is 1. The Morgan fingerprint density at radius 2 is 2.11 bits per heavy atom. The standard InChI is InChI=1S/C23H26F4N8OS/c1-28-20(36)18-12-30-22(34(18)3)29-9-4-6-17-21(37-23(25,26)27)35-10-5-7-16(19(35)32-17)31-15-8-11-33(2)13-14(15)24/h5,7,10,12,14-15,31H,8-9,11,13H2,1-3H3,(H,28,36)(H,29,30)/t14-,15+/m0/s1. The van der Waals surface area contributed by atoms with Crippen LogP contribution in [-0.2, 0) is 7.05 Å². The number of hydrogen-bond donors (Lipinski definition) is 3. The number of thioether (sulfide) groups is 1. The van der Waals surface area contributed by atoms with Crippen molar-refractivity contribution in [2.24, 2.45) is 7.05 Å². The molecule has 0 aliphatic carbocycles. The lowest BCUT2D eigenvalue weighted by Crippen LogP contribution is -2.46. The maximum Gasteiger partial charge on any atom is 0.447 e. The van der Waals surface area contributed by atoms with Crippen LogP contribution in [0.1, 0.15) is 22.6 Å². The van der Waals surface area contributed by atoms with Crippen molar-refractivity contribution in [3.05, 3.63) is 35.9 Å². The number of alkyl halides is 4. The van der Waals surface area contributed by atoms with Crippen LogP contribution in [-0.4, -0.2) is 81.2 Å². The minimum Gasteiger partial charge on any atom is -0.376 e. The number of nitrogens with one attached hydrogen (secondary N) is 3. The topological polar surface area (TPSA) is 91.5 Å². The van der Waals surface area contributed by atoms with Crippen LogP contribution in [0.3, 0.4) is 0 Å². The van der Waals surface area contributed by atoms with Crippen LogP contribution >= 0.6 is 11.8 Å². The summed E-state index contributed by atoms with van der Waals surface area (Å²) < 4.78 is 57.6. The summed E-state index contributed by atoms with van der Waals surface area (Å²) >= 11 is -0.307. The molecule has 1 amide bonds. The minimum absolute atomic E-state index is 0.0479. The summed E-state index contributed by atoms with van der Waals surface area (Å²) in [6.07, 6.45) is 2.30. The Hall–Kier alpha value is -3.44. The van der Waals surface area contributed by atoms with Gasteiger partial charge in [0, 0.05) is 45.1 Å². The molecule has 3 aromatic rings. The van der Waals surface area contributed by atoms with Crippen LogP contribution in [0.4, 0.5) is 29.2 Å². The molecule has 198 valence electrons. The number of fused-ring (bicyclic) bond motifs is 1. The molecule has 0 saturated carbocycles. The lowest BCUT2D eigenvalue weighted by atomic mass is 10.0. The van der Waals surface area contributed by atoms with Crippen molar-refractivity contribution in [1.82, 2.24) is 29.2 Å². The molecule has 0 bridgehead atoms. The van der Waals surface area contributed by atoms with E-state index in [1.165, 1.54) is 28.4 Å². The van der Waals surface area contributed by atoms with Gasteiger partial charge in [-0.25, -0.2) is 14.4 Å². The fourth-order valence-electron chi connectivity index (χ4n) is 4.03. The molecular formula is C23H26F4N8OS. The van der Waals surface area contributed by atoms with Crippen LogP contribution in [0.2, 0.25) is 0 Å². The SMILES string of the molecule is CNC(=O)c1cnc(NCC#Cc2nc3c(N[C@@H]4CCN(C)C[C@@H]4F)cccn3c2SC(F)(F)F)n1C. The van der Waals surface area contributed by atoms with Gasteiger partial charge in [0.1, 0.15) is 22.6 Å². The van der Waals surface area contributed by atoms with Crippen molar-refractivity contribution in [3.8, 4) is 11.8 Å². The highest BCUT2D eigenvalue weighted by Crippen LogP contribution is 2.39. The summed E-state index contributed by atoms with van der Waals surface area (Å²) in [5.74, 6) is 5.55. The van der Waals surface area contributed by atoms with Gasteiger partial charge >= 0.3 is 5.51 Å². The molecule has 0 unspecified atom stereocenters. The van der Waals surface area contributed by atoms with E-state index in [9.17, 15) is 22.4 Å². The minimum atomic E-state index is -4.56. The summed E-state index contributed by atoms with van der Waals surface area (Å²) in [6.45, 7) is 1.02. The molecule has 0 spiro atoms. The van der Waals surface area contributed by atoms with Crippen molar-refractivity contribution >= 4 is 35.0 Å². The maximum absolute atomic E-state index is 14.6. The van der Waals surface area contributed by atoms with Crippen molar-refractivity contribution in [2.75, 3.05) is 44.4 Å². The fraction of sp³-hybridized carbons (Fsp3) is 0.435. The van der Waals surface area contributed by atoms with Crippen LogP contribution in [0.15, 0.2) is 29.6 Å². The molecule has 1 aliphatic heterocycles. The van der Waals surface area contributed by atoms with E-state index < -0.39 is 17.7 Å². The number of aromatic nitrogens is 4. The zero-order valence-corrected chi connectivity index (χ0v) is 21.2. The second-order valence-electron chi connectivity index (χ2n) is 8.51. The second kappa shape index (κ2) is 10.9. The summed E-state index contributed by atoms with van der Waals surface area (Å²) in [4.78, 5) is 22.2. The van der Waals surface area contributed by atoms with Gasteiger partial charge in [0.25, 0.3) is 5.91 Å². The average Bonchev–Trinajstić information content (AvgIpc) is 3.37. The van der Waals surface area contributed by atoms with Crippen LogP contribution in [0.5, 0.6) is 0 Å². The number of likely N-dealkylation sites (tertiary alicyclic amines) is 1. The molecular weight excluding hydrogens is 512 g/mol. The average molecular weight is 539 g/mol. The van der Waals surface area contributed by atoms with E-state index in [4.69, 9.17) is 0 Å². The fourth-order valence-corrected chi connectivity index (χ4v) is 4.69. The second-order valence-corrected chi connectivity index (χ2v) is 9.56. The number of anilines is 2. The quantitative estimate of drug-likeness (QED) is 0.253. The number of nitrogens with zero attached hydrogens (tertiary/aromatic N) is 5. The highest BCUT2D eigenvalue weighted by Gasteiger charge is 2.33. The van der Waals surface area contributed by atoms with E-state index in [1.807, 2.05) is 11.9 Å². The molecule has 37 heavy (non-hydrogen) atoms. The summed E-state index contributed by atoms with van der Waals surface area (Å²) in [5.41, 5.74) is -3.61. The van der Waals surface area contributed by atoms with E-state index in [0.29, 0.717) is 30.3 Å². The number of halogens is 4. The Bertz CT molecular complexity index is 1340. The maximum atomic E-state index is 14.6. The van der Waals surface area contributed by atoms with Crippen molar-refractivity contribution in [2.45, 2.75) is 29.2 Å². The molecule has 14 heteroatoms. The molecule has 0 aromatic carbocycles. The number of carbonyl (C=O) groups is 1. The van der Waals surface area contributed by atoms with E-state index in [-0.39, 0.29) is 47.1 Å². The Balaban J connectivity index is 1.59. The lowest BCUT2D eigenvalue weighted by Gasteiger charge is -2.33. The Morgan fingerprint density at radius 1 is 1.32 bits per heavy atom. The molecule has 1 saturated heterocycles. The van der Waals surface area contributed by atoms with E-state index in [1.54, 1.807) is 19.2 Å². The third-order valence-electron chi connectivity index (χ3n) is 5.89. The monoisotopic (exact) mass is 538 g/mol. The largest absolute Gasteiger partial charge is 0.447 e. The first-order valence-electron chi connectivity index (χ1n) is 11.4. The first kappa shape index (κ1) is 26.6. The van der Waals surface area contributed by atoms with Crippen molar-refractivity contribution < 1.29 is 22.4 Å². The Kier molecular flexibility index (Phi) is 7.84. The van der Waals surface area contributed by atoms with Gasteiger partial charge in [0.2, 0.25) is 5.95 Å². The van der Waals surface area contributed by atoms with E-state index >= 15 is 0 Å². The third kappa shape index (κ3) is 6.11. The summed E-state index contributed by atoms with van der Waals surface area (Å²) in [7, 11) is 4.99. The molecule has 0 radical (unpaired) electrons. The molecule has 2 atom stereocenters. The summed E-state index contributed by atoms with van der Waals surface area (Å²) in [5, 5.41) is 8.39. The van der Waals surface area contributed by atoms with Crippen LogP contribution in [0.25, 0.3) is 5.65 Å². The molecule has 4 heterocycles. The molecule has 3 N–H and O–H groups in total. The van der Waals surface area contributed by atoms with Gasteiger partial charge in [0.05, 0.1) is 24.5 Å². The highest BCUT2D eigenvalue weighted by atomic mass is 32.2. The zero-order chi connectivity index (χ0) is 26.7. The van der Waals surface area contributed by atoms with Gasteiger partial charge in [-0.15, -0.1) is 0 Å². The number of pyridine rings is 1. The number of amides is 1. The number of carbonyl (C=O) groups excluding carboxylic acids is 1. The number of rotatable bonds is 6. The molecule has 1 fully saturated rings. The normalized spacial score (nSPS) is 18.4. The summed E-state index contributed by atoms with van der Waals surface area (Å²) in [6, 6.07) is 2.78. The predicted molar refractivity (Wildman–Crippen MR) is 133 cm³/mol. The van der Waals surface area contributed by atoms with Crippen molar-refractivity contribution in [3.63, 3.8) is 0 Å². The van der Waals surface area contributed by atoms with Gasteiger partial charge in [-0.2, -0.15) is 13.2 Å². The number of hydrogen-bond acceptors (Lipinski definition) is 7. The van der Waals surface area contributed by atoms with E-state index in [0.717, 1.165) is 0 Å². The molecule has 4 rings (SSSR count). The predicted octanol–water partition coefficient (Wildman–Crippen LogP) is 2.96. The van der Waals surface area contributed by atoms with Gasteiger partial charge in [-0.1, -0.05) is 5.92 Å². The van der Waals surface area contributed by atoms with Crippen LogP contribution in [0, 0.1) is 11.8 Å². The Labute approximate surface area is 215 Å². The van der Waals surface area contributed by atoms with Gasteiger partial charge < -0.3 is 25.4 Å². The lowest BCUT2D eigenvalue weighted by molar-refractivity contribution is -0.0330. The zero-order valence-electron chi connectivity index (χ0n) is 20.4. The number of imidazole rings is 2. The van der Waals surface area contributed by atoms with Gasteiger partial charge in [-0.3, -0.25) is 9.20 Å². The van der Waals surface area contributed by atoms with Gasteiger partial charge in [-0.05, 0) is 31.5 Å². The van der Waals surface area contributed by atoms with E-state index in [2.05, 4.69) is 37.8 Å².